The summed E-state index contributed by atoms with van der Waals surface area (Å²) in [6, 6.07) is 8.72. The molecule has 0 radical (unpaired) electrons. The molecule has 0 unspecified atom stereocenters. The predicted octanol–water partition coefficient (Wildman–Crippen LogP) is 1.79. The fourth-order valence-electron chi connectivity index (χ4n) is 8.25. The van der Waals surface area contributed by atoms with Crippen molar-refractivity contribution >= 4 is 48.0 Å². The van der Waals surface area contributed by atoms with Crippen molar-refractivity contribution in [2.24, 2.45) is 11.8 Å². The Balaban J connectivity index is 1.30. The van der Waals surface area contributed by atoms with Gasteiger partial charge in [0.25, 0.3) is 0 Å². The Kier molecular flexibility index (Phi) is 11.7. The first-order valence-electron chi connectivity index (χ1n) is 19.0. The van der Waals surface area contributed by atoms with E-state index in [-0.39, 0.29) is 27.8 Å². The van der Waals surface area contributed by atoms with Crippen molar-refractivity contribution < 1.29 is 104 Å². The van der Waals surface area contributed by atoms with Crippen LogP contribution in [0, 0.1) is 11.8 Å². The number of rotatable bonds is 11. The third-order valence-electron chi connectivity index (χ3n) is 11.2. The van der Waals surface area contributed by atoms with Crippen LogP contribution < -0.4 is 5.63 Å². The Bertz CT molecular complexity index is 2820. The average Bonchev–Trinajstić information content (AvgIpc) is 3.23. The molecule has 1 fully saturated rings. The zero-order chi connectivity index (χ0) is 47.3. The predicted molar refractivity (Wildman–Crippen MR) is 211 cm³/mol. The van der Waals surface area contributed by atoms with Gasteiger partial charge >= 0.3 is 41.4 Å². The van der Waals surface area contributed by atoms with Gasteiger partial charge < -0.3 is 74.8 Å². The van der Waals surface area contributed by atoms with Crippen molar-refractivity contribution in [3.8, 4) is 34.5 Å². The van der Waals surface area contributed by atoms with E-state index in [9.17, 15) is 89.7 Å². The summed E-state index contributed by atoms with van der Waals surface area (Å²) in [4.78, 5) is 91.6. The molecule has 65 heavy (non-hydrogen) atoms. The van der Waals surface area contributed by atoms with Gasteiger partial charge in [0, 0.05) is 17.4 Å². The minimum atomic E-state index is -2.14. The second kappa shape index (κ2) is 17.1. The van der Waals surface area contributed by atoms with Crippen molar-refractivity contribution in [3.05, 3.63) is 115 Å². The second-order valence-electron chi connectivity index (χ2n) is 15.1. The Morgan fingerprint density at radius 1 is 0.600 bits per heavy atom. The van der Waals surface area contributed by atoms with Gasteiger partial charge in [-0.1, -0.05) is 6.07 Å². The highest BCUT2D eigenvalue weighted by molar-refractivity contribution is 6.03. The zero-order valence-corrected chi connectivity index (χ0v) is 32.8. The van der Waals surface area contributed by atoms with Gasteiger partial charge in [-0.25, -0.2) is 19.2 Å². The molecule has 8 atom stereocenters. The normalized spacial score (nSPS) is 23.4. The van der Waals surface area contributed by atoms with Gasteiger partial charge in [-0.2, -0.15) is 0 Å². The third kappa shape index (κ3) is 8.33. The topological polar surface area (TPSA) is 383 Å². The lowest BCUT2D eigenvalue weighted by atomic mass is 9.71. The van der Waals surface area contributed by atoms with E-state index in [2.05, 4.69) is 0 Å². The molecule has 11 N–H and O–H groups in total. The smallest absolute Gasteiger partial charge is 0.371 e. The molecule has 1 aliphatic heterocycles. The summed E-state index contributed by atoms with van der Waals surface area (Å²) in [7, 11) is 0. The fourth-order valence-corrected chi connectivity index (χ4v) is 8.25. The lowest BCUT2D eigenvalue weighted by Crippen LogP contribution is -2.57. The van der Waals surface area contributed by atoms with Crippen LogP contribution >= 0.6 is 0 Å². The van der Waals surface area contributed by atoms with Gasteiger partial charge in [0.1, 0.15) is 12.2 Å². The van der Waals surface area contributed by atoms with Crippen LogP contribution in [0.15, 0.2) is 75.0 Å². The van der Waals surface area contributed by atoms with Gasteiger partial charge in [-0.3, -0.25) is 14.4 Å². The zero-order valence-electron chi connectivity index (χ0n) is 32.8. The molecule has 3 aromatic carbocycles. The van der Waals surface area contributed by atoms with E-state index in [0.717, 1.165) is 60.7 Å². The first-order chi connectivity index (χ1) is 30.7. The standard InChI is InChI=1S/C43H34O22/c44-22-3-1-14(7-23(22)45)32-18-10-26(48)24(46)8-15(18)5-20(34(32)39(55)56)43(61)65-37-30(12-31(51)52)62-13-28(50)36(37)64-42(60)21-6-16-9-25(47)27(49)11-19(16)33(35(21)40(57)58)17-2-4-29(38(53)54)63-41(17)59/h1-11,28,30,32-37,44-50H,12-13H2,(H,51,52)(H,53,54)(H,55,56)(H,57,58)/t28-,30+,32+,33-,34+,35-,36+,37-/m0/s1. The monoisotopic (exact) mass is 902 g/mol. The first-order valence-corrected chi connectivity index (χ1v) is 19.0. The number of aromatic hydroxyl groups is 6. The molecule has 22 heteroatoms. The van der Waals surface area contributed by atoms with Gasteiger partial charge in [0.15, 0.2) is 46.7 Å². The number of carboxylic acid groups (broad SMARTS) is 4. The van der Waals surface area contributed by atoms with Crippen molar-refractivity contribution in [1.29, 1.82) is 0 Å². The minimum Gasteiger partial charge on any atom is -0.504 e. The van der Waals surface area contributed by atoms with Crippen LogP contribution in [0.1, 0.15) is 62.2 Å². The van der Waals surface area contributed by atoms with Crippen LogP contribution in [0.5, 0.6) is 34.5 Å². The molecule has 3 aliphatic rings. The summed E-state index contributed by atoms with van der Waals surface area (Å²) in [6.07, 6.45) is -7.11. The lowest BCUT2D eigenvalue weighted by Gasteiger charge is -2.40. The highest BCUT2D eigenvalue weighted by Crippen LogP contribution is 2.49. The molecule has 1 saturated heterocycles. The molecule has 0 bridgehead atoms. The number of aliphatic hydroxyl groups excluding tert-OH is 1. The van der Waals surface area contributed by atoms with E-state index in [1.165, 1.54) is 6.07 Å². The van der Waals surface area contributed by atoms with Crippen molar-refractivity contribution in [3.63, 3.8) is 0 Å². The number of aliphatic carboxylic acids is 3. The average molecular weight is 903 g/mol. The lowest BCUT2D eigenvalue weighted by molar-refractivity contribution is -0.219. The summed E-state index contributed by atoms with van der Waals surface area (Å²) in [6.45, 7) is -0.774. The van der Waals surface area contributed by atoms with E-state index in [0.29, 0.717) is 0 Å². The van der Waals surface area contributed by atoms with Crippen LogP contribution in [-0.2, 0) is 38.2 Å². The number of hydrogen-bond donors (Lipinski definition) is 11. The molecule has 4 aromatic rings. The van der Waals surface area contributed by atoms with E-state index in [1.54, 1.807) is 0 Å². The van der Waals surface area contributed by atoms with Crippen LogP contribution in [0.4, 0.5) is 0 Å². The summed E-state index contributed by atoms with van der Waals surface area (Å²) in [5.74, 6) is -22.3. The molecule has 0 amide bonds. The molecule has 2 heterocycles. The van der Waals surface area contributed by atoms with Gasteiger partial charge in [0.2, 0.25) is 5.76 Å². The molecular weight excluding hydrogens is 868 g/mol. The third-order valence-corrected chi connectivity index (χ3v) is 11.2. The number of hydrogen-bond acceptors (Lipinski definition) is 18. The molecule has 338 valence electrons. The molecule has 0 saturated carbocycles. The highest BCUT2D eigenvalue weighted by Gasteiger charge is 2.50. The van der Waals surface area contributed by atoms with Crippen molar-refractivity contribution in [1.82, 2.24) is 0 Å². The van der Waals surface area contributed by atoms with Crippen LogP contribution in [0.2, 0.25) is 0 Å². The number of phenolic OH excluding ortho intramolecular Hbond substituents is 6. The maximum absolute atomic E-state index is 14.4. The van der Waals surface area contributed by atoms with Crippen LogP contribution in [0.3, 0.4) is 0 Å². The largest absolute Gasteiger partial charge is 0.504 e. The number of fused-ring (bicyclic) bond motifs is 2. The van der Waals surface area contributed by atoms with Crippen molar-refractivity contribution in [2.75, 3.05) is 6.61 Å². The van der Waals surface area contributed by atoms with Gasteiger partial charge in [-0.05, 0) is 88.5 Å². The quantitative estimate of drug-likeness (QED) is 0.0755. The molecule has 0 spiro atoms. The van der Waals surface area contributed by atoms with Crippen LogP contribution in [-0.4, -0.2) is 123 Å². The maximum Gasteiger partial charge on any atom is 0.371 e. The van der Waals surface area contributed by atoms with Crippen LogP contribution in [0.25, 0.3) is 12.2 Å². The minimum absolute atomic E-state index is 0.00840. The van der Waals surface area contributed by atoms with Gasteiger partial charge in [-0.15, -0.1) is 0 Å². The number of carboxylic acids is 4. The Morgan fingerprint density at radius 3 is 1.62 bits per heavy atom. The summed E-state index contributed by atoms with van der Waals surface area (Å²) in [5, 5.41) is 113. The number of benzene rings is 3. The Morgan fingerprint density at radius 2 is 1.11 bits per heavy atom. The van der Waals surface area contributed by atoms with E-state index < -0.39 is 160 Å². The molecule has 2 aliphatic carbocycles. The fraction of sp³-hybridized carbons (Fsp3) is 0.233. The second-order valence-corrected chi connectivity index (χ2v) is 15.1. The summed E-state index contributed by atoms with van der Waals surface area (Å²) in [5.41, 5.74) is -3.83. The number of aromatic carboxylic acids is 1. The summed E-state index contributed by atoms with van der Waals surface area (Å²) < 4.78 is 21.7. The number of carbonyl (C=O) groups is 6. The first kappa shape index (κ1) is 44.7. The SMILES string of the molecule is O=C(O)C[C@H]1OC[C@H](O)[C@@H](OC(=O)C2=Cc3cc(O)c(O)cc3[C@H](c3ccc(C(=O)O)oc3=O)[C@H]2C(=O)O)[C@H]1OC(=O)C1=Cc2cc(O)c(O)cc2[C@@H](c2ccc(O)c(O)c2)[C@@H]1C(=O)O. The number of phenols is 6. The number of ether oxygens (including phenoxy) is 3. The molecular formula is C43H34O22. The van der Waals surface area contributed by atoms with E-state index >= 15 is 0 Å². The molecule has 1 aromatic heterocycles. The number of aliphatic hydroxyl groups is 1. The van der Waals surface area contributed by atoms with Gasteiger partial charge in [0.05, 0.1) is 36.0 Å². The number of carbonyl (C=O) groups excluding carboxylic acids is 2. The highest BCUT2D eigenvalue weighted by atomic mass is 16.6. The van der Waals surface area contributed by atoms with Crippen molar-refractivity contribution in [2.45, 2.75) is 42.7 Å². The molecule has 22 nitrogen and oxygen atoms in total. The maximum atomic E-state index is 14.4. The molecule has 7 rings (SSSR count). The Labute approximate surface area is 362 Å². The van der Waals surface area contributed by atoms with E-state index in [1.807, 2.05) is 0 Å². The number of esters is 2. The van der Waals surface area contributed by atoms with E-state index in [4.69, 9.17) is 18.6 Å². The summed E-state index contributed by atoms with van der Waals surface area (Å²) >= 11 is 0. The Hall–Kier alpha value is -8.37.